The van der Waals surface area contributed by atoms with E-state index in [0.717, 1.165) is 25.4 Å². The van der Waals surface area contributed by atoms with Crippen molar-refractivity contribution in [1.29, 1.82) is 0 Å². The number of ether oxygens (including phenoxy) is 1. The smallest absolute Gasteiger partial charge is 0.119 e. The first kappa shape index (κ1) is 14.9. The van der Waals surface area contributed by atoms with Gasteiger partial charge >= 0.3 is 0 Å². The highest BCUT2D eigenvalue weighted by molar-refractivity contribution is 5.50. The lowest BCUT2D eigenvalue weighted by atomic mass is 10.0. The van der Waals surface area contributed by atoms with Crippen LogP contribution in [-0.2, 0) is 6.61 Å². The molecule has 0 amide bonds. The maximum atomic E-state index is 5.84. The van der Waals surface area contributed by atoms with Crippen LogP contribution in [0.25, 0.3) is 0 Å². The van der Waals surface area contributed by atoms with Crippen LogP contribution in [0.15, 0.2) is 54.6 Å². The number of benzene rings is 2. The van der Waals surface area contributed by atoms with E-state index in [-0.39, 0.29) is 5.54 Å². The van der Waals surface area contributed by atoms with E-state index in [0.29, 0.717) is 6.61 Å². The SMILES string of the molecule is CC1(C)CN(c2ccc(OCc3ccccc3)cc2)CCN1. The molecule has 0 unspecified atom stereocenters. The molecule has 0 bridgehead atoms. The van der Waals surface area contributed by atoms with E-state index in [1.54, 1.807) is 0 Å². The lowest BCUT2D eigenvalue weighted by Crippen LogP contribution is -2.57. The first-order valence-electron chi connectivity index (χ1n) is 7.89. The van der Waals surface area contributed by atoms with Crippen LogP contribution in [0.3, 0.4) is 0 Å². The van der Waals surface area contributed by atoms with Crippen LogP contribution in [0.1, 0.15) is 19.4 Å². The Kier molecular flexibility index (Phi) is 4.34. The molecule has 2 aromatic carbocycles. The molecule has 0 saturated carbocycles. The van der Waals surface area contributed by atoms with E-state index in [4.69, 9.17) is 4.74 Å². The highest BCUT2D eigenvalue weighted by Gasteiger charge is 2.25. The molecule has 1 fully saturated rings. The summed E-state index contributed by atoms with van der Waals surface area (Å²) in [6, 6.07) is 18.7. The lowest BCUT2D eigenvalue weighted by molar-refractivity contribution is 0.306. The van der Waals surface area contributed by atoms with Crippen LogP contribution in [0.5, 0.6) is 5.75 Å². The van der Waals surface area contributed by atoms with E-state index in [2.05, 4.69) is 60.5 Å². The second-order valence-electron chi connectivity index (χ2n) is 6.50. The summed E-state index contributed by atoms with van der Waals surface area (Å²) in [7, 11) is 0. The van der Waals surface area contributed by atoms with Crippen LogP contribution >= 0.6 is 0 Å². The summed E-state index contributed by atoms with van der Waals surface area (Å²) >= 11 is 0. The summed E-state index contributed by atoms with van der Waals surface area (Å²) in [5, 5.41) is 3.54. The Labute approximate surface area is 132 Å². The molecule has 3 nitrogen and oxygen atoms in total. The molecule has 1 aliphatic heterocycles. The quantitative estimate of drug-likeness (QED) is 0.935. The Morgan fingerprint density at radius 3 is 2.45 bits per heavy atom. The van der Waals surface area contributed by atoms with Gasteiger partial charge in [-0.15, -0.1) is 0 Å². The fraction of sp³-hybridized carbons (Fsp3) is 0.368. The van der Waals surface area contributed by atoms with Crippen molar-refractivity contribution in [3.63, 3.8) is 0 Å². The molecule has 1 aliphatic rings. The zero-order valence-corrected chi connectivity index (χ0v) is 13.4. The molecule has 116 valence electrons. The van der Waals surface area contributed by atoms with Gasteiger partial charge in [-0.2, -0.15) is 0 Å². The van der Waals surface area contributed by atoms with Crippen LogP contribution in [0, 0.1) is 0 Å². The molecule has 1 N–H and O–H groups in total. The van der Waals surface area contributed by atoms with E-state index >= 15 is 0 Å². The second-order valence-corrected chi connectivity index (χ2v) is 6.50. The zero-order chi connectivity index (χ0) is 15.4. The van der Waals surface area contributed by atoms with Crippen molar-refractivity contribution in [3.05, 3.63) is 60.2 Å². The number of hydrogen-bond donors (Lipinski definition) is 1. The molecule has 22 heavy (non-hydrogen) atoms. The van der Waals surface area contributed by atoms with Gasteiger partial charge in [0.05, 0.1) is 0 Å². The monoisotopic (exact) mass is 296 g/mol. The number of hydrogen-bond acceptors (Lipinski definition) is 3. The predicted octanol–water partition coefficient (Wildman–Crippen LogP) is 3.45. The fourth-order valence-corrected chi connectivity index (χ4v) is 2.86. The fourth-order valence-electron chi connectivity index (χ4n) is 2.86. The minimum atomic E-state index is 0.167. The van der Waals surface area contributed by atoms with Crippen LogP contribution in [0.4, 0.5) is 5.69 Å². The van der Waals surface area contributed by atoms with Crippen molar-refractivity contribution in [1.82, 2.24) is 5.32 Å². The molecular weight excluding hydrogens is 272 g/mol. The third-order valence-electron chi connectivity index (χ3n) is 4.02. The van der Waals surface area contributed by atoms with Crippen molar-refractivity contribution >= 4 is 5.69 Å². The summed E-state index contributed by atoms with van der Waals surface area (Å²) in [6.45, 7) is 8.21. The first-order chi connectivity index (χ1) is 10.6. The molecule has 3 rings (SSSR count). The summed E-state index contributed by atoms with van der Waals surface area (Å²) < 4.78 is 5.84. The normalized spacial score (nSPS) is 17.3. The molecule has 2 aromatic rings. The molecule has 0 atom stereocenters. The molecule has 0 aromatic heterocycles. The van der Waals surface area contributed by atoms with Gasteiger partial charge in [-0.1, -0.05) is 30.3 Å². The van der Waals surface area contributed by atoms with Crippen molar-refractivity contribution in [2.24, 2.45) is 0 Å². The van der Waals surface area contributed by atoms with Gasteiger partial charge in [0.15, 0.2) is 0 Å². The molecule has 1 saturated heterocycles. The van der Waals surface area contributed by atoms with Gasteiger partial charge in [-0.05, 0) is 43.7 Å². The standard InChI is InChI=1S/C19H24N2O/c1-19(2)15-21(13-12-20-19)17-8-10-18(11-9-17)22-14-16-6-4-3-5-7-16/h3-11,20H,12-15H2,1-2H3. The Balaban J connectivity index is 1.60. The largest absolute Gasteiger partial charge is 0.489 e. The Morgan fingerprint density at radius 1 is 1.05 bits per heavy atom. The van der Waals surface area contributed by atoms with Gasteiger partial charge in [-0.3, -0.25) is 0 Å². The highest BCUT2D eigenvalue weighted by atomic mass is 16.5. The maximum Gasteiger partial charge on any atom is 0.119 e. The van der Waals surface area contributed by atoms with E-state index < -0.39 is 0 Å². The summed E-state index contributed by atoms with van der Waals surface area (Å²) in [4.78, 5) is 2.43. The molecular formula is C19H24N2O. The Hall–Kier alpha value is -2.00. The maximum absolute atomic E-state index is 5.84. The van der Waals surface area contributed by atoms with Gasteiger partial charge in [0, 0.05) is 30.9 Å². The highest BCUT2D eigenvalue weighted by Crippen LogP contribution is 2.23. The minimum Gasteiger partial charge on any atom is -0.489 e. The van der Waals surface area contributed by atoms with Crippen LogP contribution < -0.4 is 15.0 Å². The molecule has 3 heteroatoms. The van der Waals surface area contributed by atoms with Crippen molar-refractivity contribution in [2.45, 2.75) is 26.0 Å². The van der Waals surface area contributed by atoms with Gasteiger partial charge < -0.3 is 15.0 Å². The summed E-state index contributed by atoms with van der Waals surface area (Å²) in [5.41, 5.74) is 2.62. The van der Waals surface area contributed by atoms with Crippen molar-refractivity contribution in [2.75, 3.05) is 24.5 Å². The second kappa shape index (κ2) is 6.41. The number of rotatable bonds is 4. The Bertz CT molecular complexity index is 593. The van der Waals surface area contributed by atoms with E-state index in [9.17, 15) is 0 Å². The number of anilines is 1. The van der Waals surface area contributed by atoms with E-state index in [1.807, 2.05) is 18.2 Å². The third-order valence-corrected chi connectivity index (χ3v) is 4.02. The summed E-state index contributed by atoms with van der Waals surface area (Å²) in [5.74, 6) is 0.919. The molecule has 0 radical (unpaired) electrons. The summed E-state index contributed by atoms with van der Waals surface area (Å²) in [6.07, 6.45) is 0. The number of piperazine rings is 1. The van der Waals surface area contributed by atoms with Crippen molar-refractivity contribution < 1.29 is 4.74 Å². The topological polar surface area (TPSA) is 24.5 Å². The van der Waals surface area contributed by atoms with Gasteiger partial charge in [0.25, 0.3) is 0 Å². The van der Waals surface area contributed by atoms with Gasteiger partial charge in [-0.25, -0.2) is 0 Å². The average molecular weight is 296 g/mol. The lowest BCUT2D eigenvalue weighted by Gasteiger charge is -2.40. The first-order valence-corrected chi connectivity index (χ1v) is 7.89. The van der Waals surface area contributed by atoms with Crippen molar-refractivity contribution in [3.8, 4) is 5.75 Å². The third kappa shape index (κ3) is 3.80. The van der Waals surface area contributed by atoms with Crippen LogP contribution in [-0.4, -0.2) is 25.2 Å². The van der Waals surface area contributed by atoms with Crippen LogP contribution in [0.2, 0.25) is 0 Å². The van der Waals surface area contributed by atoms with Gasteiger partial charge in [0.2, 0.25) is 0 Å². The number of nitrogens with zero attached hydrogens (tertiary/aromatic N) is 1. The molecule has 0 spiro atoms. The average Bonchev–Trinajstić information content (AvgIpc) is 2.53. The van der Waals surface area contributed by atoms with Gasteiger partial charge in [0.1, 0.15) is 12.4 Å². The number of nitrogens with one attached hydrogen (secondary N) is 1. The molecule has 0 aliphatic carbocycles. The Morgan fingerprint density at radius 2 is 1.77 bits per heavy atom. The zero-order valence-electron chi connectivity index (χ0n) is 13.4. The minimum absolute atomic E-state index is 0.167. The molecule has 1 heterocycles. The predicted molar refractivity (Wildman–Crippen MR) is 91.5 cm³/mol. The van der Waals surface area contributed by atoms with E-state index in [1.165, 1.54) is 11.3 Å².